The van der Waals surface area contributed by atoms with Crippen LogP contribution in [0.15, 0.2) is 29.2 Å². The standard InChI is InChI=1S/C21H21F2N3O5/c1-3-25-19(30)15-17(28)16(27)13(10-26(15)21(6-7-21)20(25)31-2)18(29)24-9-11-4-5-12(22)8-14(11)23/h4-5,8,10,20,28H,3,6-7,9H2,1-2H3,(H,24,29). The Kier molecular flexibility index (Phi) is 5.04. The quantitative estimate of drug-likeness (QED) is 0.748. The molecule has 164 valence electrons. The van der Waals surface area contributed by atoms with E-state index >= 15 is 0 Å². The molecule has 2 aliphatic rings. The van der Waals surface area contributed by atoms with Gasteiger partial charge in [-0.25, -0.2) is 8.78 Å². The Balaban J connectivity index is 1.71. The lowest BCUT2D eigenvalue weighted by Gasteiger charge is -2.42. The zero-order valence-electron chi connectivity index (χ0n) is 16.9. The average Bonchev–Trinajstić information content (AvgIpc) is 3.52. The van der Waals surface area contributed by atoms with Gasteiger partial charge in [0, 0.05) is 38.0 Å². The molecule has 1 aromatic heterocycles. The van der Waals surface area contributed by atoms with E-state index in [0.717, 1.165) is 6.07 Å². The molecule has 0 bridgehead atoms. The Bertz CT molecular complexity index is 1140. The van der Waals surface area contributed by atoms with Crippen LogP contribution < -0.4 is 10.7 Å². The number of nitrogens with one attached hydrogen (secondary N) is 1. The van der Waals surface area contributed by atoms with Gasteiger partial charge >= 0.3 is 0 Å². The fraction of sp³-hybridized carbons (Fsp3) is 0.381. The number of methoxy groups -OCH3 is 1. The molecule has 2 aromatic rings. The second kappa shape index (κ2) is 7.45. The number of ether oxygens (including phenoxy) is 1. The van der Waals surface area contributed by atoms with Crippen molar-refractivity contribution in [3.63, 3.8) is 0 Å². The molecule has 2 N–H and O–H groups in total. The minimum Gasteiger partial charge on any atom is -0.503 e. The van der Waals surface area contributed by atoms with Crippen LogP contribution in [0.3, 0.4) is 0 Å². The molecule has 1 fully saturated rings. The van der Waals surface area contributed by atoms with Crippen molar-refractivity contribution in [1.82, 2.24) is 14.8 Å². The first-order valence-electron chi connectivity index (χ1n) is 9.80. The number of amides is 2. The van der Waals surface area contributed by atoms with Crippen LogP contribution in [0, 0.1) is 11.6 Å². The number of benzene rings is 1. The summed E-state index contributed by atoms with van der Waals surface area (Å²) < 4.78 is 33.9. The molecule has 2 amide bonds. The number of hydrogen-bond donors (Lipinski definition) is 2. The van der Waals surface area contributed by atoms with Gasteiger partial charge in [0.15, 0.2) is 17.7 Å². The number of carbonyl (C=O) groups is 2. The molecule has 2 heterocycles. The molecule has 1 atom stereocenters. The number of hydrogen-bond acceptors (Lipinski definition) is 5. The highest BCUT2D eigenvalue weighted by atomic mass is 19.1. The molecule has 8 nitrogen and oxygen atoms in total. The second-order valence-electron chi connectivity index (χ2n) is 7.64. The van der Waals surface area contributed by atoms with Crippen LogP contribution in [-0.4, -0.2) is 46.3 Å². The van der Waals surface area contributed by atoms with E-state index in [9.17, 15) is 28.3 Å². The van der Waals surface area contributed by atoms with Gasteiger partial charge in [0.2, 0.25) is 5.43 Å². The van der Waals surface area contributed by atoms with Crippen molar-refractivity contribution in [3.05, 3.63) is 63.1 Å². The van der Waals surface area contributed by atoms with Crippen LogP contribution in [0.25, 0.3) is 0 Å². The second-order valence-corrected chi connectivity index (χ2v) is 7.64. The van der Waals surface area contributed by atoms with Crippen molar-refractivity contribution < 1.29 is 28.2 Å². The third-order valence-electron chi connectivity index (χ3n) is 5.89. The Morgan fingerprint density at radius 3 is 2.61 bits per heavy atom. The molecular weight excluding hydrogens is 412 g/mol. The third kappa shape index (κ3) is 3.18. The first kappa shape index (κ1) is 21.0. The molecule has 1 aromatic carbocycles. The first-order valence-corrected chi connectivity index (χ1v) is 9.80. The summed E-state index contributed by atoms with van der Waals surface area (Å²) in [6, 6.07) is 2.92. The predicted octanol–water partition coefficient (Wildman–Crippen LogP) is 1.70. The summed E-state index contributed by atoms with van der Waals surface area (Å²) in [7, 11) is 1.47. The number of nitrogens with zero attached hydrogens (tertiary/aromatic N) is 2. The maximum Gasteiger partial charge on any atom is 0.276 e. The molecule has 10 heteroatoms. The summed E-state index contributed by atoms with van der Waals surface area (Å²) >= 11 is 0. The predicted molar refractivity (Wildman–Crippen MR) is 105 cm³/mol. The van der Waals surface area contributed by atoms with Gasteiger partial charge in [-0.05, 0) is 25.8 Å². The van der Waals surface area contributed by atoms with E-state index in [4.69, 9.17) is 4.74 Å². The molecule has 1 saturated carbocycles. The smallest absolute Gasteiger partial charge is 0.276 e. The van der Waals surface area contributed by atoms with E-state index in [1.807, 2.05) is 0 Å². The van der Waals surface area contributed by atoms with Crippen molar-refractivity contribution >= 4 is 11.8 Å². The largest absolute Gasteiger partial charge is 0.503 e. The monoisotopic (exact) mass is 433 g/mol. The van der Waals surface area contributed by atoms with E-state index in [1.54, 1.807) is 6.92 Å². The number of fused-ring (bicyclic) bond motifs is 2. The van der Waals surface area contributed by atoms with Crippen molar-refractivity contribution in [2.75, 3.05) is 13.7 Å². The Labute approximate surface area is 176 Å². The summed E-state index contributed by atoms with van der Waals surface area (Å²) in [6.07, 6.45) is 1.90. The lowest BCUT2D eigenvalue weighted by molar-refractivity contribution is -0.0694. The summed E-state index contributed by atoms with van der Waals surface area (Å²) in [5.74, 6) is -3.82. The minimum atomic E-state index is -1.00. The third-order valence-corrected chi connectivity index (χ3v) is 5.89. The normalized spacial score (nSPS) is 18.8. The van der Waals surface area contributed by atoms with Gasteiger partial charge in [-0.3, -0.25) is 14.4 Å². The number of pyridine rings is 1. The van der Waals surface area contributed by atoms with Gasteiger partial charge in [-0.2, -0.15) is 0 Å². The molecule has 1 spiro atoms. The molecule has 0 saturated heterocycles. The van der Waals surface area contributed by atoms with Gasteiger partial charge in [0.25, 0.3) is 11.8 Å². The summed E-state index contributed by atoms with van der Waals surface area (Å²) in [5, 5.41) is 12.9. The number of rotatable bonds is 5. The molecule has 4 rings (SSSR count). The number of likely N-dealkylation sites (N-methyl/N-ethyl adjacent to an activating group) is 1. The molecular formula is C21H21F2N3O5. The lowest BCUT2D eigenvalue weighted by Crippen LogP contribution is -2.56. The van der Waals surface area contributed by atoms with Crippen molar-refractivity contribution in [1.29, 1.82) is 0 Å². The topological polar surface area (TPSA) is 101 Å². The fourth-order valence-electron chi connectivity index (χ4n) is 4.18. The maximum absolute atomic E-state index is 13.8. The minimum absolute atomic E-state index is 0.0314. The van der Waals surface area contributed by atoms with Gasteiger partial charge in [-0.1, -0.05) is 6.07 Å². The molecule has 0 radical (unpaired) electrons. The van der Waals surface area contributed by atoms with E-state index in [-0.39, 0.29) is 23.4 Å². The van der Waals surface area contributed by atoms with Crippen molar-refractivity contribution in [3.8, 4) is 5.75 Å². The fourth-order valence-corrected chi connectivity index (χ4v) is 4.18. The van der Waals surface area contributed by atoms with Gasteiger partial charge in [-0.15, -0.1) is 0 Å². The highest BCUT2D eigenvalue weighted by Crippen LogP contribution is 2.52. The molecule has 31 heavy (non-hydrogen) atoms. The molecule has 1 aliphatic heterocycles. The van der Waals surface area contributed by atoms with Crippen LogP contribution in [0.5, 0.6) is 5.75 Å². The van der Waals surface area contributed by atoms with Gasteiger partial charge in [0.1, 0.15) is 17.2 Å². The lowest BCUT2D eigenvalue weighted by atomic mass is 10.0. The van der Waals surface area contributed by atoms with E-state index in [2.05, 4.69) is 5.32 Å². The first-order chi connectivity index (χ1) is 14.7. The average molecular weight is 433 g/mol. The van der Waals surface area contributed by atoms with Crippen molar-refractivity contribution in [2.24, 2.45) is 0 Å². The van der Waals surface area contributed by atoms with Gasteiger partial charge < -0.3 is 24.6 Å². The summed E-state index contributed by atoms with van der Waals surface area (Å²) in [5.41, 5.74) is -2.22. The summed E-state index contributed by atoms with van der Waals surface area (Å²) in [4.78, 5) is 39.7. The van der Waals surface area contributed by atoms with E-state index < -0.39 is 46.4 Å². The number of aromatic hydroxyl groups is 1. The maximum atomic E-state index is 13.8. The molecule has 1 aliphatic carbocycles. The van der Waals surface area contributed by atoms with Crippen LogP contribution in [0.1, 0.15) is 46.2 Å². The SMILES string of the molecule is CCN1C(=O)c2c(O)c(=O)c(C(=O)NCc3ccc(F)cc3F)cn2C2(CC2)C1OC. The zero-order chi connectivity index (χ0) is 22.5. The van der Waals surface area contributed by atoms with Crippen LogP contribution in [0.2, 0.25) is 0 Å². The number of carbonyl (C=O) groups excluding carboxylic acids is 2. The van der Waals surface area contributed by atoms with Crippen LogP contribution in [0.4, 0.5) is 8.78 Å². The Hall–Kier alpha value is -3.27. The van der Waals surface area contributed by atoms with Gasteiger partial charge in [0.05, 0.1) is 5.54 Å². The number of halogens is 2. The van der Waals surface area contributed by atoms with E-state index in [0.29, 0.717) is 25.5 Å². The summed E-state index contributed by atoms with van der Waals surface area (Å²) in [6.45, 7) is 1.79. The molecule has 1 unspecified atom stereocenters. The number of aromatic nitrogens is 1. The van der Waals surface area contributed by atoms with E-state index in [1.165, 1.54) is 28.8 Å². The van der Waals surface area contributed by atoms with Crippen molar-refractivity contribution in [2.45, 2.75) is 38.1 Å². The zero-order valence-corrected chi connectivity index (χ0v) is 16.9. The van der Waals surface area contributed by atoms with Crippen LogP contribution in [-0.2, 0) is 16.8 Å². The Morgan fingerprint density at radius 2 is 2.03 bits per heavy atom. The highest BCUT2D eigenvalue weighted by molar-refractivity contribution is 5.99. The highest BCUT2D eigenvalue weighted by Gasteiger charge is 2.59. The van der Waals surface area contributed by atoms with Crippen LogP contribution >= 0.6 is 0 Å². The Morgan fingerprint density at radius 1 is 1.32 bits per heavy atom.